The predicted molar refractivity (Wildman–Crippen MR) is 55.9 cm³/mol. The number of pyridine rings is 1. The third-order valence-corrected chi connectivity index (χ3v) is 2.32. The Morgan fingerprint density at radius 1 is 1.57 bits per heavy atom. The molecule has 4 heteroatoms. The molecule has 0 saturated carbocycles. The zero-order valence-corrected chi connectivity index (χ0v) is 8.88. The summed E-state index contributed by atoms with van der Waals surface area (Å²) in [6, 6.07) is 5.64. The molecule has 0 aliphatic rings. The van der Waals surface area contributed by atoms with E-state index in [0.29, 0.717) is 0 Å². The lowest BCUT2D eigenvalue weighted by molar-refractivity contribution is -0.134. The van der Waals surface area contributed by atoms with E-state index in [9.17, 15) is 4.79 Å². The third-order valence-electron chi connectivity index (χ3n) is 1.43. The normalized spacial score (nSPS) is 11.1. The molecular weight excluding hydrogens is 198 g/mol. The fourth-order valence-corrected chi connectivity index (χ4v) is 1.57. The summed E-state index contributed by atoms with van der Waals surface area (Å²) >= 11 is 1.44. The summed E-state index contributed by atoms with van der Waals surface area (Å²) in [5, 5.41) is 0.866. The van der Waals surface area contributed by atoms with Crippen molar-refractivity contribution in [3.63, 3.8) is 0 Å². The van der Waals surface area contributed by atoms with Crippen LogP contribution in [0.25, 0.3) is 0 Å². The van der Waals surface area contributed by atoms with Crippen LogP contribution in [0.3, 0.4) is 0 Å². The second-order valence-corrected chi connectivity index (χ2v) is 3.81. The summed E-state index contributed by atoms with van der Waals surface area (Å²) in [4.78, 5) is 15.9. The van der Waals surface area contributed by atoms with Gasteiger partial charge in [0.2, 0.25) is 0 Å². The molecule has 1 aromatic heterocycles. The van der Waals surface area contributed by atoms with Crippen molar-refractivity contribution in [2.45, 2.75) is 11.9 Å². The predicted octanol–water partition coefficient (Wildman–Crippen LogP) is 2.25. The van der Waals surface area contributed by atoms with Crippen LogP contribution in [0, 0.1) is 0 Å². The minimum absolute atomic E-state index is 0.342. The number of hydrogen-bond acceptors (Lipinski definition) is 4. The number of esters is 1. The molecule has 3 nitrogen and oxygen atoms in total. The Balaban J connectivity index is 2.61. The van der Waals surface area contributed by atoms with E-state index < -0.39 is 0 Å². The minimum Gasteiger partial charge on any atom is -0.466 e. The lowest BCUT2D eigenvalue weighted by Crippen LogP contribution is -1.94. The number of hydrogen-bond donors (Lipinski definition) is 0. The molecule has 0 aliphatic carbocycles. The topological polar surface area (TPSA) is 39.2 Å². The second kappa shape index (κ2) is 5.44. The van der Waals surface area contributed by atoms with E-state index in [1.54, 1.807) is 6.20 Å². The van der Waals surface area contributed by atoms with Crippen molar-refractivity contribution in [3.8, 4) is 0 Å². The van der Waals surface area contributed by atoms with Crippen molar-refractivity contribution in [3.05, 3.63) is 35.4 Å². The Kier molecular flexibility index (Phi) is 4.19. The molecule has 0 saturated heterocycles. The number of carbonyl (C=O) groups excluding carboxylic acids is 1. The van der Waals surface area contributed by atoms with Gasteiger partial charge in [0.15, 0.2) is 0 Å². The molecule has 1 rings (SSSR count). The number of nitrogens with zero attached hydrogens (tertiary/aromatic N) is 1. The van der Waals surface area contributed by atoms with Gasteiger partial charge in [-0.3, -0.25) is 0 Å². The zero-order chi connectivity index (χ0) is 10.4. The first-order valence-corrected chi connectivity index (χ1v) is 4.89. The summed E-state index contributed by atoms with van der Waals surface area (Å²) in [6.07, 6.45) is 3.16. The molecule has 0 amide bonds. The van der Waals surface area contributed by atoms with Crippen molar-refractivity contribution in [1.82, 2.24) is 4.98 Å². The molecule has 1 aromatic rings. The molecular formula is C10H11NO2S. The maximum absolute atomic E-state index is 10.9. The molecule has 0 unspecified atom stereocenters. The van der Waals surface area contributed by atoms with E-state index in [2.05, 4.69) is 9.72 Å². The highest BCUT2D eigenvalue weighted by atomic mass is 32.2. The van der Waals surface area contributed by atoms with E-state index in [4.69, 9.17) is 0 Å². The number of allylic oxidation sites excluding steroid dienone is 1. The van der Waals surface area contributed by atoms with Gasteiger partial charge in [-0.2, -0.15) is 0 Å². The highest BCUT2D eigenvalue weighted by Crippen LogP contribution is 2.23. The van der Waals surface area contributed by atoms with Gasteiger partial charge in [-0.1, -0.05) is 17.8 Å². The number of aromatic nitrogens is 1. The van der Waals surface area contributed by atoms with Gasteiger partial charge in [0.25, 0.3) is 0 Å². The molecule has 14 heavy (non-hydrogen) atoms. The number of methoxy groups -OCH3 is 1. The van der Waals surface area contributed by atoms with Crippen LogP contribution in [0.2, 0.25) is 0 Å². The Labute approximate surface area is 87.2 Å². The van der Waals surface area contributed by atoms with Crippen LogP contribution in [0.1, 0.15) is 6.92 Å². The maximum atomic E-state index is 10.9. The quantitative estimate of drug-likeness (QED) is 0.435. The standard InChI is InChI=1S/C10H11NO2S/c1-8(7-10(12)13-2)14-9-5-3-4-6-11-9/h3-7H,1-2H3/b8-7-. The van der Waals surface area contributed by atoms with Crippen LogP contribution in [0.15, 0.2) is 40.4 Å². The van der Waals surface area contributed by atoms with Crippen molar-refractivity contribution in [2.24, 2.45) is 0 Å². The van der Waals surface area contributed by atoms with Gasteiger partial charge in [0, 0.05) is 12.3 Å². The number of ether oxygens (including phenoxy) is 1. The van der Waals surface area contributed by atoms with Gasteiger partial charge in [0.05, 0.1) is 7.11 Å². The van der Waals surface area contributed by atoms with Crippen LogP contribution < -0.4 is 0 Å². The molecule has 0 aromatic carbocycles. The van der Waals surface area contributed by atoms with Gasteiger partial charge >= 0.3 is 5.97 Å². The van der Waals surface area contributed by atoms with Gasteiger partial charge in [-0.05, 0) is 24.0 Å². The second-order valence-electron chi connectivity index (χ2n) is 2.55. The fraction of sp³-hybridized carbons (Fsp3) is 0.200. The van der Waals surface area contributed by atoms with E-state index >= 15 is 0 Å². The number of thioether (sulfide) groups is 1. The van der Waals surface area contributed by atoms with Crippen LogP contribution in [-0.4, -0.2) is 18.1 Å². The van der Waals surface area contributed by atoms with E-state index in [1.807, 2.05) is 25.1 Å². The molecule has 0 atom stereocenters. The fourth-order valence-electron chi connectivity index (χ4n) is 0.827. The highest BCUT2D eigenvalue weighted by molar-refractivity contribution is 8.03. The minimum atomic E-state index is -0.342. The summed E-state index contributed by atoms with van der Waals surface area (Å²) < 4.78 is 4.51. The van der Waals surface area contributed by atoms with E-state index in [-0.39, 0.29) is 5.97 Å². The van der Waals surface area contributed by atoms with Crippen molar-refractivity contribution >= 4 is 17.7 Å². The Bertz CT molecular complexity index is 335. The van der Waals surface area contributed by atoms with Gasteiger partial charge in [-0.25, -0.2) is 9.78 Å². The molecule has 74 valence electrons. The molecule has 0 bridgehead atoms. The van der Waals surface area contributed by atoms with Crippen molar-refractivity contribution in [2.75, 3.05) is 7.11 Å². The molecule has 0 N–H and O–H groups in total. The largest absolute Gasteiger partial charge is 0.466 e. The average Bonchev–Trinajstić information content (AvgIpc) is 2.19. The van der Waals surface area contributed by atoms with Crippen LogP contribution in [0.5, 0.6) is 0 Å². The Morgan fingerprint density at radius 3 is 2.93 bits per heavy atom. The summed E-state index contributed by atoms with van der Waals surface area (Å²) in [5.74, 6) is -0.342. The number of carbonyl (C=O) groups is 1. The van der Waals surface area contributed by atoms with Crippen LogP contribution in [0.4, 0.5) is 0 Å². The number of rotatable bonds is 3. The summed E-state index contributed by atoms with van der Waals surface area (Å²) in [7, 11) is 1.36. The van der Waals surface area contributed by atoms with Gasteiger partial charge in [-0.15, -0.1) is 0 Å². The molecule has 0 spiro atoms. The van der Waals surface area contributed by atoms with Gasteiger partial charge in [0.1, 0.15) is 5.03 Å². The van der Waals surface area contributed by atoms with Crippen molar-refractivity contribution < 1.29 is 9.53 Å². The Morgan fingerprint density at radius 2 is 2.36 bits per heavy atom. The third kappa shape index (κ3) is 3.62. The molecule has 0 aliphatic heterocycles. The van der Waals surface area contributed by atoms with Gasteiger partial charge < -0.3 is 4.74 Å². The Hall–Kier alpha value is -1.29. The first-order valence-electron chi connectivity index (χ1n) is 4.07. The first-order chi connectivity index (χ1) is 6.72. The lowest BCUT2D eigenvalue weighted by atomic mass is 10.5. The first kappa shape index (κ1) is 10.8. The zero-order valence-electron chi connectivity index (χ0n) is 8.06. The van der Waals surface area contributed by atoms with Crippen LogP contribution >= 0.6 is 11.8 Å². The molecule has 0 radical (unpaired) electrons. The highest BCUT2D eigenvalue weighted by Gasteiger charge is 1.99. The molecule has 1 heterocycles. The summed E-state index contributed by atoms with van der Waals surface area (Å²) in [6.45, 7) is 1.84. The summed E-state index contributed by atoms with van der Waals surface area (Å²) in [5.41, 5.74) is 0. The monoisotopic (exact) mass is 209 g/mol. The lowest BCUT2D eigenvalue weighted by Gasteiger charge is -1.99. The van der Waals surface area contributed by atoms with Crippen molar-refractivity contribution in [1.29, 1.82) is 0 Å². The maximum Gasteiger partial charge on any atom is 0.331 e. The van der Waals surface area contributed by atoms with E-state index in [1.165, 1.54) is 24.9 Å². The van der Waals surface area contributed by atoms with Crippen LogP contribution in [-0.2, 0) is 9.53 Å². The SMILES string of the molecule is COC(=O)/C=C(/C)Sc1ccccn1. The smallest absolute Gasteiger partial charge is 0.331 e. The molecule has 0 fully saturated rings. The van der Waals surface area contributed by atoms with E-state index in [0.717, 1.165) is 9.93 Å². The average molecular weight is 209 g/mol.